The SMILES string of the molecule is Cn1cc(C(=O)Nc2ccc3cccnc3n2)nc1-c1ccc(F)cc1. The van der Waals surface area contributed by atoms with Crippen molar-refractivity contribution in [3.05, 3.63) is 72.4 Å². The first-order valence-electron chi connectivity index (χ1n) is 7.92. The number of nitrogens with zero attached hydrogens (tertiary/aromatic N) is 4. The number of rotatable bonds is 3. The van der Waals surface area contributed by atoms with Crippen molar-refractivity contribution in [2.24, 2.45) is 7.05 Å². The Kier molecular flexibility index (Phi) is 3.89. The highest BCUT2D eigenvalue weighted by Crippen LogP contribution is 2.19. The van der Waals surface area contributed by atoms with Gasteiger partial charge >= 0.3 is 0 Å². The number of imidazole rings is 1. The van der Waals surface area contributed by atoms with Crippen molar-refractivity contribution in [3.8, 4) is 11.4 Å². The van der Waals surface area contributed by atoms with Crippen LogP contribution in [0, 0.1) is 5.82 Å². The largest absolute Gasteiger partial charge is 0.333 e. The lowest BCUT2D eigenvalue weighted by Gasteiger charge is -2.03. The molecule has 4 aromatic rings. The fourth-order valence-electron chi connectivity index (χ4n) is 2.65. The summed E-state index contributed by atoms with van der Waals surface area (Å²) in [7, 11) is 1.78. The molecule has 6 nitrogen and oxygen atoms in total. The molecular formula is C19H14FN5O. The standard InChI is InChI=1S/C19H14FN5O/c1-25-11-15(22-18(25)13-4-7-14(20)8-5-13)19(26)24-16-9-6-12-3-2-10-21-17(12)23-16/h2-11H,1H3,(H,21,23,24,26). The minimum atomic E-state index is -0.378. The second-order valence-electron chi connectivity index (χ2n) is 5.77. The van der Waals surface area contributed by atoms with E-state index in [2.05, 4.69) is 20.3 Å². The highest BCUT2D eigenvalue weighted by atomic mass is 19.1. The molecule has 128 valence electrons. The molecule has 7 heteroatoms. The molecule has 0 radical (unpaired) electrons. The smallest absolute Gasteiger partial charge is 0.277 e. The third-order valence-corrected chi connectivity index (χ3v) is 3.92. The maximum Gasteiger partial charge on any atom is 0.277 e. The average Bonchev–Trinajstić information content (AvgIpc) is 3.04. The van der Waals surface area contributed by atoms with Crippen molar-refractivity contribution >= 4 is 22.8 Å². The van der Waals surface area contributed by atoms with E-state index in [1.54, 1.807) is 42.2 Å². The van der Waals surface area contributed by atoms with Crippen molar-refractivity contribution in [1.82, 2.24) is 19.5 Å². The second kappa shape index (κ2) is 6.36. The molecule has 1 amide bonds. The van der Waals surface area contributed by atoms with Gasteiger partial charge in [0.05, 0.1) is 0 Å². The van der Waals surface area contributed by atoms with Gasteiger partial charge in [-0.2, -0.15) is 0 Å². The van der Waals surface area contributed by atoms with Crippen LogP contribution in [0.3, 0.4) is 0 Å². The molecule has 4 rings (SSSR count). The topological polar surface area (TPSA) is 72.7 Å². The van der Waals surface area contributed by atoms with E-state index in [1.807, 2.05) is 18.2 Å². The van der Waals surface area contributed by atoms with Crippen molar-refractivity contribution in [2.75, 3.05) is 5.32 Å². The summed E-state index contributed by atoms with van der Waals surface area (Å²) < 4.78 is 14.8. The maximum atomic E-state index is 13.1. The van der Waals surface area contributed by atoms with Crippen LogP contribution in [0.5, 0.6) is 0 Å². The Morgan fingerprint density at radius 3 is 2.69 bits per heavy atom. The van der Waals surface area contributed by atoms with Crippen LogP contribution < -0.4 is 5.32 Å². The van der Waals surface area contributed by atoms with Gasteiger partial charge < -0.3 is 9.88 Å². The lowest BCUT2D eigenvalue weighted by molar-refractivity contribution is 0.102. The summed E-state index contributed by atoms with van der Waals surface area (Å²) >= 11 is 0. The van der Waals surface area contributed by atoms with Crippen LogP contribution in [0.15, 0.2) is 60.9 Å². The first kappa shape index (κ1) is 15.9. The number of nitrogens with one attached hydrogen (secondary N) is 1. The van der Waals surface area contributed by atoms with Crippen molar-refractivity contribution in [1.29, 1.82) is 0 Å². The van der Waals surface area contributed by atoms with E-state index in [9.17, 15) is 9.18 Å². The molecule has 3 heterocycles. The quantitative estimate of drug-likeness (QED) is 0.616. The monoisotopic (exact) mass is 347 g/mol. The van der Waals surface area contributed by atoms with E-state index in [1.165, 1.54) is 12.1 Å². The summed E-state index contributed by atoms with van der Waals surface area (Å²) in [6, 6.07) is 13.2. The molecule has 0 aliphatic rings. The van der Waals surface area contributed by atoms with Crippen molar-refractivity contribution in [2.45, 2.75) is 0 Å². The van der Waals surface area contributed by atoms with Gasteiger partial charge in [0, 0.05) is 30.4 Å². The number of carbonyl (C=O) groups is 1. The third-order valence-electron chi connectivity index (χ3n) is 3.92. The second-order valence-corrected chi connectivity index (χ2v) is 5.77. The predicted octanol–water partition coefficient (Wildman–Crippen LogP) is 3.42. The van der Waals surface area contributed by atoms with E-state index in [-0.39, 0.29) is 17.4 Å². The molecule has 0 saturated carbocycles. The number of halogens is 1. The van der Waals surface area contributed by atoms with E-state index >= 15 is 0 Å². The van der Waals surface area contributed by atoms with Gasteiger partial charge in [0.25, 0.3) is 5.91 Å². The molecule has 0 saturated heterocycles. The summed E-state index contributed by atoms with van der Waals surface area (Å²) in [5, 5.41) is 3.62. The van der Waals surface area contributed by atoms with Gasteiger partial charge in [-0.1, -0.05) is 0 Å². The van der Waals surface area contributed by atoms with Crippen LogP contribution in [-0.2, 0) is 7.05 Å². The lowest BCUT2D eigenvalue weighted by atomic mass is 10.2. The highest BCUT2D eigenvalue weighted by molar-refractivity contribution is 6.03. The Balaban J connectivity index is 1.59. The first-order chi connectivity index (χ1) is 12.6. The van der Waals surface area contributed by atoms with Crippen LogP contribution in [0.4, 0.5) is 10.2 Å². The number of aryl methyl sites for hydroxylation is 1. The van der Waals surface area contributed by atoms with E-state index in [0.717, 1.165) is 10.9 Å². The summed E-state index contributed by atoms with van der Waals surface area (Å²) in [5.41, 5.74) is 1.52. The Bertz CT molecular complexity index is 1100. The molecule has 1 N–H and O–H groups in total. The van der Waals surface area contributed by atoms with E-state index in [4.69, 9.17) is 0 Å². The van der Waals surface area contributed by atoms with Crippen LogP contribution >= 0.6 is 0 Å². The molecular weight excluding hydrogens is 333 g/mol. The van der Waals surface area contributed by atoms with Crippen LogP contribution in [0.2, 0.25) is 0 Å². The van der Waals surface area contributed by atoms with Crippen LogP contribution in [0.1, 0.15) is 10.5 Å². The maximum absolute atomic E-state index is 13.1. The van der Waals surface area contributed by atoms with Gasteiger partial charge in [-0.3, -0.25) is 4.79 Å². The summed E-state index contributed by atoms with van der Waals surface area (Å²) in [6.45, 7) is 0. The van der Waals surface area contributed by atoms with Crippen LogP contribution in [-0.4, -0.2) is 25.4 Å². The Hall–Kier alpha value is -3.61. The fraction of sp³-hybridized carbons (Fsp3) is 0.0526. The Morgan fingerprint density at radius 1 is 1.08 bits per heavy atom. The Morgan fingerprint density at radius 2 is 1.88 bits per heavy atom. The zero-order valence-corrected chi connectivity index (χ0v) is 13.8. The zero-order chi connectivity index (χ0) is 18.1. The van der Waals surface area contributed by atoms with Gasteiger partial charge in [0.2, 0.25) is 0 Å². The number of benzene rings is 1. The van der Waals surface area contributed by atoms with E-state index in [0.29, 0.717) is 17.3 Å². The molecule has 1 aromatic carbocycles. The summed E-state index contributed by atoms with van der Waals surface area (Å²) in [4.78, 5) is 25.3. The van der Waals surface area contributed by atoms with Crippen molar-refractivity contribution < 1.29 is 9.18 Å². The number of aromatic nitrogens is 4. The molecule has 0 aliphatic carbocycles. The number of hydrogen-bond acceptors (Lipinski definition) is 4. The van der Waals surface area contributed by atoms with E-state index < -0.39 is 0 Å². The zero-order valence-electron chi connectivity index (χ0n) is 13.8. The number of fused-ring (bicyclic) bond motifs is 1. The molecule has 0 bridgehead atoms. The number of anilines is 1. The molecule has 3 aromatic heterocycles. The number of amides is 1. The summed E-state index contributed by atoms with van der Waals surface area (Å²) in [5.74, 6) is 0.270. The summed E-state index contributed by atoms with van der Waals surface area (Å²) in [6.07, 6.45) is 3.27. The number of carbonyl (C=O) groups excluding carboxylic acids is 1. The molecule has 0 spiro atoms. The van der Waals surface area contributed by atoms with Gasteiger partial charge in [-0.15, -0.1) is 0 Å². The minimum absolute atomic E-state index is 0.245. The van der Waals surface area contributed by atoms with Gasteiger partial charge in [-0.05, 0) is 48.5 Å². The molecule has 0 unspecified atom stereocenters. The van der Waals surface area contributed by atoms with Gasteiger partial charge in [-0.25, -0.2) is 19.3 Å². The lowest BCUT2D eigenvalue weighted by Crippen LogP contribution is -2.13. The molecule has 0 fully saturated rings. The molecule has 0 atom stereocenters. The van der Waals surface area contributed by atoms with Crippen molar-refractivity contribution in [3.63, 3.8) is 0 Å². The third kappa shape index (κ3) is 3.02. The normalized spacial score (nSPS) is 10.8. The predicted molar refractivity (Wildman–Crippen MR) is 96.1 cm³/mol. The van der Waals surface area contributed by atoms with Crippen LogP contribution in [0.25, 0.3) is 22.4 Å². The Labute approximate surface area is 148 Å². The first-order valence-corrected chi connectivity index (χ1v) is 7.92. The molecule has 26 heavy (non-hydrogen) atoms. The molecule has 0 aliphatic heterocycles. The van der Waals surface area contributed by atoms with Gasteiger partial charge in [0.15, 0.2) is 5.65 Å². The fourth-order valence-corrected chi connectivity index (χ4v) is 2.65. The highest BCUT2D eigenvalue weighted by Gasteiger charge is 2.15. The number of pyridine rings is 2. The average molecular weight is 347 g/mol. The number of hydrogen-bond donors (Lipinski definition) is 1. The van der Waals surface area contributed by atoms with Gasteiger partial charge in [0.1, 0.15) is 23.2 Å². The minimum Gasteiger partial charge on any atom is -0.333 e.